The van der Waals surface area contributed by atoms with Crippen LogP contribution in [0.3, 0.4) is 0 Å². The molecule has 1 fully saturated rings. The summed E-state index contributed by atoms with van der Waals surface area (Å²) in [4.78, 5) is 17.5. The first kappa shape index (κ1) is 45.7. The van der Waals surface area contributed by atoms with Crippen molar-refractivity contribution in [3.05, 3.63) is 137 Å². The second-order valence-electron chi connectivity index (χ2n) is 15.1. The van der Waals surface area contributed by atoms with E-state index < -0.39 is 32.0 Å². The number of carbonyl (C=O) groups is 1. The molecule has 0 radical (unpaired) electrons. The summed E-state index contributed by atoms with van der Waals surface area (Å²) in [6.45, 7) is 8.29. The lowest BCUT2D eigenvalue weighted by Crippen LogP contribution is -2.46. The number of hydrogen-bond donors (Lipinski definition) is 3. The number of nitrogens with zero attached hydrogens (tertiary/aromatic N) is 3. The van der Waals surface area contributed by atoms with Crippen molar-refractivity contribution in [2.45, 2.75) is 47.0 Å². The summed E-state index contributed by atoms with van der Waals surface area (Å²) in [5, 5.41) is 13.9. The Balaban J connectivity index is 1.02. The second kappa shape index (κ2) is 19.2. The highest BCUT2D eigenvalue weighted by Crippen LogP contribution is 2.43. The zero-order chi connectivity index (χ0) is 45.1. The third kappa shape index (κ3) is 10.2. The summed E-state index contributed by atoms with van der Waals surface area (Å²) in [5.74, 6) is -1.09. The zero-order valence-electron chi connectivity index (χ0n) is 34.4. The fraction of sp³-hybridized carbons (Fsp3) is 0.239. The minimum absolute atomic E-state index is 0.0893. The van der Waals surface area contributed by atoms with Crippen LogP contribution >= 0.6 is 35.3 Å². The monoisotopic (exact) mass is 937 g/mol. The predicted octanol–water partition coefficient (Wildman–Crippen LogP) is 12.1. The highest BCUT2D eigenvalue weighted by Gasteiger charge is 2.48. The number of rotatable bonds is 15. The van der Waals surface area contributed by atoms with Gasteiger partial charge < -0.3 is 29.5 Å². The molecule has 330 valence electrons. The van der Waals surface area contributed by atoms with Crippen LogP contribution in [0.15, 0.2) is 130 Å². The summed E-state index contributed by atoms with van der Waals surface area (Å²) in [7, 11) is -5.64. The Hall–Kier alpha value is -5.29. The van der Waals surface area contributed by atoms with Gasteiger partial charge in [-0.15, -0.1) is 11.8 Å². The molecule has 1 aliphatic rings. The first-order chi connectivity index (χ1) is 30.0. The molecular weight excluding hydrogens is 894 g/mol. The van der Waals surface area contributed by atoms with E-state index in [1.807, 2.05) is 91.2 Å². The topological polar surface area (TPSA) is 107 Å². The van der Waals surface area contributed by atoms with Crippen LogP contribution in [-0.2, 0) is 9.84 Å². The zero-order valence-corrected chi connectivity index (χ0v) is 37.6. The molecule has 3 N–H and O–H groups in total. The van der Waals surface area contributed by atoms with Gasteiger partial charge in [0.1, 0.15) is 10.7 Å². The van der Waals surface area contributed by atoms with Gasteiger partial charge in [0, 0.05) is 87.7 Å². The van der Waals surface area contributed by atoms with Crippen LogP contribution in [0, 0.1) is 12.7 Å². The van der Waals surface area contributed by atoms with Crippen molar-refractivity contribution < 1.29 is 35.9 Å². The number of aromatic nitrogens is 1. The first-order valence-electron chi connectivity index (χ1n) is 20.0. The van der Waals surface area contributed by atoms with E-state index in [1.165, 1.54) is 30.0 Å². The van der Waals surface area contributed by atoms with E-state index in [0.717, 1.165) is 34.2 Å². The van der Waals surface area contributed by atoms with Crippen LogP contribution < -0.4 is 19.8 Å². The number of carboxylic acid groups (broad SMARTS) is 1. The molecule has 2 heterocycles. The molecule has 0 saturated carbocycles. The molecule has 6 aromatic rings. The van der Waals surface area contributed by atoms with E-state index in [9.17, 15) is 31.5 Å². The Morgan fingerprint density at radius 2 is 1.48 bits per heavy atom. The van der Waals surface area contributed by atoms with Crippen molar-refractivity contribution in [3.63, 3.8) is 0 Å². The van der Waals surface area contributed by atoms with Crippen molar-refractivity contribution in [2.75, 3.05) is 58.3 Å². The van der Waals surface area contributed by atoms with Gasteiger partial charge in [-0.3, -0.25) is 0 Å². The van der Waals surface area contributed by atoms with Gasteiger partial charge in [0.2, 0.25) is 0 Å². The number of aromatic carboxylic acids is 1. The molecule has 63 heavy (non-hydrogen) atoms. The highest BCUT2D eigenvalue weighted by molar-refractivity contribution is 8.00. The molecule has 0 aliphatic carbocycles. The summed E-state index contributed by atoms with van der Waals surface area (Å²) in [5.41, 5.74) is -0.399. The van der Waals surface area contributed by atoms with Gasteiger partial charge in [-0.1, -0.05) is 41.9 Å². The van der Waals surface area contributed by atoms with Crippen LogP contribution in [0.25, 0.3) is 22.4 Å². The minimum Gasteiger partial charge on any atom is -0.478 e. The summed E-state index contributed by atoms with van der Waals surface area (Å²) < 4.78 is 87.1. The number of benzene rings is 5. The van der Waals surface area contributed by atoms with Crippen molar-refractivity contribution >= 4 is 73.9 Å². The Kier molecular flexibility index (Phi) is 13.9. The predicted molar refractivity (Wildman–Crippen MR) is 248 cm³/mol. The van der Waals surface area contributed by atoms with Gasteiger partial charge in [-0.2, -0.15) is 13.2 Å². The fourth-order valence-corrected chi connectivity index (χ4v) is 10.3. The Bertz CT molecular complexity index is 2690. The smallest absolute Gasteiger partial charge is 0.478 e. The lowest BCUT2D eigenvalue weighted by Gasteiger charge is -2.37. The molecule has 17 heteroatoms. The Morgan fingerprint density at radius 1 is 0.825 bits per heavy atom. The third-order valence-corrected chi connectivity index (χ3v) is 14.2. The highest BCUT2D eigenvalue weighted by atomic mass is 35.5. The third-order valence-electron chi connectivity index (χ3n) is 10.6. The average Bonchev–Trinajstić information content (AvgIpc) is 3.58. The lowest BCUT2D eigenvalue weighted by atomic mass is 9.96. The molecule has 0 bridgehead atoms. The Labute approximate surface area is 377 Å². The van der Waals surface area contributed by atoms with Gasteiger partial charge in [0.05, 0.1) is 16.9 Å². The van der Waals surface area contributed by atoms with Gasteiger partial charge in [0.25, 0.3) is 9.84 Å². The van der Waals surface area contributed by atoms with Crippen molar-refractivity contribution in [2.24, 2.45) is 0 Å². The molecule has 7 rings (SSSR count). The second-order valence-corrected chi connectivity index (χ2v) is 19.5. The van der Waals surface area contributed by atoms with Crippen LogP contribution in [-0.4, -0.2) is 68.0 Å². The number of thioether (sulfide) groups is 1. The summed E-state index contributed by atoms with van der Waals surface area (Å²) in [6, 6.07) is 32.6. The lowest BCUT2D eigenvalue weighted by molar-refractivity contribution is -0.0435. The molecule has 0 amide bonds. The van der Waals surface area contributed by atoms with Gasteiger partial charge >= 0.3 is 11.5 Å². The number of alkyl halides is 3. The number of piperazine rings is 1. The number of hydrogen-bond acceptors (Lipinski definition) is 9. The van der Waals surface area contributed by atoms with E-state index >= 15 is 4.39 Å². The molecule has 0 spiro atoms. The van der Waals surface area contributed by atoms with Crippen molar-refractivity contribution in [1.29, 1.82) is 0 Å². The number of nitrogens with one attached hydrogen (secondary N) is 2. The maximum atomic E-state index is 15.6. The molecule has 9 nitrogen and oxygen atoms in total. The van der Waals surface area contributed by atoms with E-state index in [0.29, 0.717) is 70.8 Å². The maximum Gasteiger partial charge on any atom is 0.501 e. The van der Waals surface area contributed by atoms with Gasteiger partial charge in [-0.25, -0.2) is 17.6 Å². The van der Waals surface area contributed by atoms with Crippen LogP contribution in [0.2, 0.25) is 5.02 Å². The van der Waals surface area contributed by atoms with Crippen molar-refractivity contribution in [1.82, 2.24) is 4.57 Å². The molecule has 1 aromatic heterocycles. The number of sulfone groups is 1. The van der Waals surface area contributed by atoms with E-state index in [1.54, 1.807) is 25.1 Å². The summed E-state index contributed by atoms with van der Waals surface area (Å²) in [6.07, 6.45) is 0. The molecule has 1 saturated heterocycles. The van der Waals surface area contributed by atoms with Gasteiger partial charge in [0.15, 0.2) is 0 Å². The molecule has 5 aromatic carbocycles. The molecular formula is C46H44ClF4N5O4S3. The molecule has 0 unspecified atom stereocenters. The van der Waals surface area contributed by atoms with Crippen LogP contribution in [0.4, 0.5) is 40.3 Å². The quantitative estimate of drug-likeness (QED) is 0.0399. The average molecular weight is 939 g/mol. The first-order valence-corrected chi connectivity index (χ1v) is 23.6. The largest absolute Gasteiger partial charge is 0.501 e. The standard InChI is InChI=1S/C46H44ClF4N5O4S3/c1-29(2)56-30(3)42(45(57)58)43(44(56)31-9-11-33(47)12-10-31)32-25-34(48)27-37(26-32)55-22-20-54(21-23-55)36-15-13-35(14-16-36)53-62-39-17-18-40(41(28-39)63(59,60)46(49,50)51)52-19-24-61-38-7-5-4-6-8-38/h4-18,25-29,52-53H,19-24H2,1-3H3,(H,57,58). The minimum atomic E-state index is -5.64. The Morgan fingerprint density at radius 3 is 2.10 bits per heavy atom. The van der Waals surface area contributed by atoms with Gasteiger partial charge in [-0.05, 0) is 129 Å². The van der Waals surface area contributed by atoms with Crippen molar-refractivity contribution in [3.8, 4) is 22.4 Å². The fourth-order valence-electron chi connectivity index (χ4n) is 7.70. The molecule has 1 aliphatic heterocycles. The maximum absolute atomic E-state index is 15.6. The van der Waals surface area contributed by atoms with Crippen LogP contribution in [0.1, 0.15) is 35.9 Å². The van der Waals surface area contributed by atoms with E-state index in [2.05, 4.69) is 19.8 Å². The number of anilines is 4. The van der Waals surface area contributed by atoms with E-state index in [4.69, 9.17) is 11.6 Å². The number of halogens is 5. The molecule has 0 atom stereocenters. The van der Waals surface area contributed by atoms with Crippen LogP contribution in [0.5, 0.6) is 0 Å². The SMILES string of the molecule is Cc1c(C(=O)O)c(-c2cc(F)cc(N3CCN(c4ccc(NSc5ccc(NCCSc6ccccc6)c(S(=O)(=O)C(F)(F)F)c5)cc4)CC3)c2)c(-c2ccc(Cl)cc2)n1C(C)C. The number of carboxylic acids is 1. The van der Waals surface area contributed by atoms with E-state index in [-0.39, 0.29) is 28.7 Å². The summed E-state index contributed by atoms with van der Waals surface area (Å²) >= 11 is 8.70. The normalized spacial score (nSPS) is 13.4.